The third-order valence-corrected chi connectivity index (χ3v) is 5.40. The molecule has 178 valence electrons. The highest BCUT2D eigenvalue weighted by Gasteiger charge is 2.16. The average Bonchev–Trinajstić information content (AvgIpc) is 3.44. The van der Waals surface area contributed by atoms with Crippen LogP contribution in [0.3, 0.4) is 0 Å². The van der Waals surface area contributed by atoms with Crippen molar-refractivity contribution in [3.63, 3.8) is 0 Å². The van der Waals surface area contributed by atoms with E-state index in [9.17, 15) is 4.79 Å². The number of nitrogens with zero attached hydrogens (tertiary/aromatic N) is 4. The van der Waals surface area contributed by atoms with Gasteiger partial charge in [0.2, 0.25) is 11.9 Å². The van der Waals surface area contributed by atoms with Crippen LogP contribution in [0, 0.1) is 6.92 Å². The van der Waals surface area contributed by atoms with Crippen LogP contribution in [0.5, 0.6) is 5.75 Å². The number of imidazole rings is 1. The van der Waals surface area contributed by atoms with Crippen molar-refractivity contribution in [2.75, 3.05) is 12.3 Å². The minimum Gasteiger partial charge on any atom is -0.494 e. The van der Waals surface area contributed by atoms with Crippen LogP contribution in [-0.2, 0) is 11.3 Å². The highest BCUT2D eigenvalue weighted by atomic mass is 16.5. The fraction of sp³-hybridized carbons (Fsp3) is 0.333. The van der Waals surface area contributed by atoms with E-state index in [1.54, 1.807) is 11.8 Å². The summed E-state index contributed by atoms with van der Waals surface area (Å²) >= 11 is 0. The van der Waals surface area contributed by atoms with Crippen LogP contribution in [-0.4, -0.2) is 37.2 Å². The number of furan rings is 1. The second-order valence-corrected chi connectivity index (χ2v) is 8.08. The van der Waals surface area contributed by atoms with E-state index < -0.39 is 0 Å². The molecule has 0 saturated carbocycles. The van der Waals surface area contributed by atoms with E-state index in [1.165, 1.54) is 0 Å². The maximum absolute atomic E-state index is 11.0. The Morgan fingerprint density at radius 3 is 2.82 bits per heavy atom. The molecule has 0 fully saturated rings. The number of unbranched alkanes of at least 4 members (excludes halogenated alkanes) is 3. The van der Waals surface area contributed by atoms with Crippen molar-refractivity contribution < 1.29 is 19.2 Å². The molecule has 3 aromatic heterocycles. The maximum Gasteiger partial charge on any atom is 0.243 e. The van der Waals surface area contributed by atoms with E-state index in [1.807, 2.05) is 47.9 Å². The summed E-state index contributed by atoms with van der Waals surface area (Å²) in [6, 6.07) is 11.6. The average molecular weight is 465 g/mol. The summed E-state index contributed by atoms with van der Waals surface area (Å²) in [5.74, 6) is 2.00. The lowest BCUT2D eigenvalue weighted by atomic mass is 10.1. The highest BCUT2D eigenvalue weighted by molar-refractivity contribution is 5.86. The first kappa shape index (κ1) is 23.2. The number of hydroxylamine groups is 1. The number of nitrogens with two attached hydrogens (primary N) is 1. The number of carbonyl (C=O) groups excluding carboxylic acids is 1. The molecule has 0 aliphatic carbocycles. The van der Waals surface area contributed by atoms with Gasteiger partial charge in [-0.05, 0) is 49.6 Å². The molecule has 0 saturated heterocycles. The molecule has 0 spiro atoms. The van der Waals surface area contributed by atoms with Gasteiger partial charge in [-0.1, -0.05) is 25.0 Å². The van der Waals surface area contributed by atoms with E-state index in [2.05, 4.69) is 15.0 Å². The quantitative estimate of drug-likeness (QED) is 0.173. The summed E-state index contributed by atoms with van der Waals surface area (Å²) in [4.78, 5) is 24.3. The van der Waals surface area contributed by atoms with Crippen LogP contribution in [0.1, 0.15) is 43.4 Å². The molecule has 3 heterocycles. The summed E-state index contributed by atoms with van der Waals surface area (Å²) in [6.07, 6.45) is 5.57. The standard InChI is InChI=1S/C24H28N6O4/c1-16-10-11-19(34-16)21-22-23(28-24(25)27-21)30(15-26-22)14-17-7-6-8-18(13-17)33-12-5-3-2-4-9-20(31)29-32/h6-8,10-11,13,15,32H,2-5,9,12,14H2,1H3,(H,29,31)(H2,25,27,28). The van der Waals surface area contributed by atoms with Gasteiger partial charge in [-0.15, -0.1) is 0 Å². The predicted octanol–water partition coefficient (Wildman–Crippen LogP) is 3.86. The van der Waals surface area contributed by atoms with Crippen molar-refractivity contribution in [2.45, 2.75) is 45.6 Å². The van der Waals surface area contributed by atoms with Crippen molar-refractivity contribution in [1.29, 1.82) is 0 Å². The van der Waals surface area contributed by atoms with E-state index in [0.29, 0.717) is 42.2 Å². The smallest absolute Gasteiger partial charge is 0.243 e. The molecule has 0 bridgehead atoms. The van der Waals surface area contributed by atoms with Crippen molar-refractivity contribution in [3.05, 3.63) is 54.0 Å². The zero-order chi connectivity index (χ0) is 23.9. The SMILES string of the molecule is Cc1ccc(-c2nc(N)nc3c2ncn3Cc2cccc(OCCCCCCC(=O)NO)c2)o1. The van der Waals surface area contributed by atoms with Crippen LogP contribution in [0.2, 0.25) is 0 Å². The van der Waals surface area contributed by atoms with Crippen molar-refractivity contribution in [1.82, 2.24) is 25.0 Å². The van der Waals surface area contributed by atoms with Crippen molar-refractivity contribution in [3.8, 4) is 17.2 Å². The molecule has 10 heteroatoms. The lowest BCUT2D eigenvalue weighted by Gasteiger charge is -2.09. The number of hydrogen-bond donors (Lipinski definition) is 3. The Hall–Kier alpha value is -3.92. The zero-order valence-electron chi connectivity index (χ0n) is 19.0. The molecule has 0 aliphatic rings. The number of anilines is 1. The topological polar surface area (TPSA) is 141 Å². The first-order valence-corrected chi connectivity index (χ1v) is 11.2. The predicted molar refractivity (Wildman–Crippen MR) is 126 cm³/mol. The van der Waals surface area contributed by atoms with Crippen LogP contribution in [0.4, 0.5) is 5.95 Å². The minimum atomic E-state index is -0.347. The molecule has 0 radical (unpaired) electrons. The number of aromatic nitrogens is 4. The monoisotopic (exact) mass is 464 g/mol. The number of aryl methyl sites for hydroxylation is 1. The van der Waals surface area contributed by atoms with Crippen LogP contribution in [0.25, 0.3) is 22.6 Å². The van der Waals surface area contributed by atoms with Gasteiger partial charge in [0.1, 0.15) is 22.7 Å². The third kappa shape index (κ3) is 5.70. The van der Waals surface area contributed by atoms with Crippen molar-refractivity contribution >= 4 is 23.0 Å². The molecule has 4 N–H and O–H groups in total. The number of fused-ring (bicyclic) bond motifs is 1. The van der Waals surface area contributed by atoms with E-state index in [0.717, 1.165) is 42.8 Å². The maximum atomic E-state index is 11.0. The molecule has 34 heavy (non-hydrogen) atoms. The molecule has 0 atom stereocenters. The van der Waals surface area contributed by atoms with Gasteiger partial charge in [0.25, 0.3) is 0 Å². The van der Waals surface area contributed by atoms with E-state index in [4.69, 9.17) is 20.1 Å². The molecular formula is C24H28N6O4. The van der Waals surface area contributed by atoms with Gasteiger partial charge in [-0.3, -0.25) is 10.0 Å². The largest absolute Gasteiger partial charge is 0.494 e. The van der Waals surface area contributed by atoms with E-state index >= 15 is 0 Å². The van der Waals surface area contributed by atoms with Gasteiger partial charge < -0.3 is 19.5 Å². The zero-order valence-corrected chi connectivity index (χ0v) is 19.0. The molecule has 1 aromatic carbocycles. The summed E-state index contributed by atoms with van der Waals surface area (Å²) in [6.45, 7) is 3.02. The first-order valence-electron chi connectivity index (χ1n) is 11.2. The number of carbonyl (C=O) groups is 1. The fourth-order valence-corrected chi connectivity index (χ4v) is 3.73. The normalized spacial score (nSPS) is 11.1. The Kier molecular flexibility index (Phi) is 7.38. The Morgan fingerprint density at radius 2 is 2.03 bits per heavy atom. The molecule has 10 nitrogen and oxygen atoms in total. The summed E-state index contributed by atoms with van der Waals surface area (Å²) in [5, 5.41) is 8.49. The molecule has 0 aliphatic heterocycles. The number of ether oxygens (including phenoxy) is 1. The molecule has 1 amide bonds. The molecule has 4 aromatic rings. The summed E-state index contributed by atoms with van der Waals surface area (Å²) in [7, 11) is 0. The minimum absolute atomic E-state index is 0.160. The van der Waals surface area contributed by atoms with Crippen LogP contribution >= 0.6 is 0 Å². The van der Waals surface area contributed by atoms with Crippen molar-refractivity contribution in [2.24, 2.45) is 0 Å². The highest BCUT2D eigenvalue weighted by Crippen LogP contribution is 2.28. The van der Waals surface area contributed by atoms with Crippen LogP contribution in [0.15, 0.2) is 47.1 Å². The van der Waals surface area contributed by atoms with Gasteiger partial charge in [0, 0.05) is 6.42 Å². The number of nitrogens with one attached hydrogen (secondary N) is 1. The lowest BCUT2D eigenvalue weighted by Crippen LogP contribution is -2.17. The second kappa shape index (κ2) is 10.8. The van der Waals surface area contributed by atoms with Gasteiger partial charge in [-0.25, -0.2) is 15.4 Å². The van der Waals surface area contributed by atoms with Gasteiger partial charge in [0.05, 0.1) is 19.5 Å². The van der Waals surface area contributed by atoms with Gasteiger partial charge >= 0.3 is 0 Å². The molecule has 0 unspecified atom stereocenters. The Balaban J connectivity index is 1.38. The number of amides is 1. The Bertz CT molecular complexity index is 1270. The lowest BCUT2D eigenvalue weighted by molar-refractivity contribution is -0.129. The number of hydrogen-bond acceptors (Lipinski definition) is 8. The number of nitrogen functional groups attached to an aromatic ring is 1. The van der Waals surface area contributed by atoms with Crippen LogP contribution < -0.4 is 16.0 Å². The molecule has 4 rings (SSSR count). The first-order chi connectivity index (χ1) is 16.5. The summed E-state index contributed by atoms with van der Waals surface area (Å²) < 4.78 is 13.5. The van der Waals surface area contributed by atoms with E-state index in [-0.39, 0.29) is 11.9 Å². The molecular weight excluding hydrogens is 436 g/mol. The summed E-state index contributed by atoms with van der Waals surface area (Å²) in [5.41, 5.74) is 10.5. The fourth-order valence-electron chi connectivity index (χ4n) is 3.73. The number of rotatable bonds is 11. The van der Waals surface area contributed by atoms with Gasteiger partial charge in [0.15, 0.2) is 11.4 Å². The number of benzene rings is 1. The Morgan fingerprint density at radius 1 is 1.18 bits per heavy atom. The third-order valence-electron chi connectivity index (χ3n) is 5.40. The Labute approximate surface area is 196 Å². The second-order valence-electron chi connectivity index (χ2n) is 8.08. The van der Waals surface area contributed by atoms with Gasteiger partial charge in [-0.2, -0.15) is 4.98 Å².